The van der Waals surface area contributed by atoms with Crippen molar-refractivity contribution in [2.45, 2.75) is 18.9 Å². The number of hydrogen-bond acceptors (Lipinski definition) is 2. The first-order valence-electron chi connectivity index (χ1n) is 6.98. The standard InChI is InChI=1S/C16H16ClN3O/c17-12-5-3-6-13(11-12)19-16(21)20-10-4-8-15(20)14-7-1-2-9-18-14/h1-3,5-7,9,11,15H,4,8,10H2,(H,19,21). The molecule has 1 fully saturated rings. The molecule has 0 saturated carbocycles. The Morgan fingerprint density at radius 3 is 2.95 bits per heavy atom. The van der Waals surface area contributed by atoms with Crippen molar-refractivity contribution >= 4 is 23.3 Å². The van der Waals surface area contributed by atoms with Crippen molar-refractivity contribution < 1.29 is 4.79 Å². The number of aromatic nitrogens is 1. The zero-order chi connectivity index (χ0) is 14.7. The van der Waals surface area contributed by atoms with Crippen LogP contribution in [0.2, 0.25) is 5.02 Å². The number of nitrogens with zero attached hydrogens (tertiary/aromatic N) is 2. The molecule has 0 radical (unpaired) electrons. The number of amides is 2. The van der Waals surface area contributed by atoms with E-state index in [0.717, 1.165) is 25.1 Å². The minimum absolute atomic E-state index is 0.0467. The van der Waals surface area contributed by atoms with Crippen molar-refractivity contribution in [3.05, 3.63) is 59.4 Å². The predicted molar refractivity (Wildman–Crippen MR) is 83.4 cm³/mol. The molecule has 1 aliphatic rings. The number of hydrogen-bond donors (Lipinski definition) is 1. The first kappa shape index (κ1) is 13.9. The van der Waals surface area contributed by atoms with Gasteiger partial charge in [-0.15, -0.1) is 0 Å². The number of likely N-dealkylation sites (tertiary alicyclic amines) is 1. The molecule has 0 bridgehead atoms. The summed E-state index contributed by atoms with van der Waals surface area (Å²) in [5.74, 6) is 0. The number of benzene rings is 1. The van der Waals surface area contributed by atoms with Gasteiger partial charge in [0.2, 0.25) is 0 Å². The minimum atomic E-state index is -0.106. The molecule has 2 heterocycles. The van der Waals surface area contributed by atoms with E-state index in [1.807, 2.05) is 35.2 Å². The Balaban J connectivity index is 1.74. The summed E-state index contributed by atoms with van der Waals surface area (Å²) in [6, 6.07) is 12.9. The quantitative estimate of drug-likeness (QED) is 0.907. The summed E-state index contributed by atoms with van der Waals surface area (Å²) < 4.78 is 0. The van der Waals surface area contributed by atoms with Gasteiger partial charge in [0, 0.05) is 23.5 Å². The number of carbonyl (C=O) groups is 1. The van der Waals surface area contributed by atoms with Gasteiger partial charge in [-0.25, -0.2) is 4.79 Å². The number of urea groups is 1. The summed E-state index contributed by atoms with van der Waals surface area (Å²) in [6.07, 6.45) is 3.70. The maximum atomic E-state index is 12.5. The fraction of sp³-hybridized carbons (Fsp3) is 0.250. The van der Waals surface area contributed by atoms with Crippen LogP contribution >= 0.6 is 11.6 Å². The van der Waals surface area contributed by atoms with E-state index < -0.39 is 0 Å². The second-order valence-electron chi connectivity index (χ2n) is 5.05. The number of carbonyl (C=O) groups excluding carboxylic acids is 1. The van der Waals surface area contributed by atoms with Crippen LogP contribution in [0.4, 0.5) is 10.5 Å². The second-order valence-corrected chi connectivity index (χ2v) is 5.48. The highest BCUT2D eigenvalue weighted by Gasteiger charge is 2.30. The Bertz CT molecular complexity index is 632. The summed E-state index contributed by atoms with van der Waals surface area (Å²) in [7, 11) is 0. The van der Waals surface area contributed by atoms with E-state index in [9.17, 15) is 4.79 Å². The third-order valence-electron chi connectivity index (χ3n) is 3.62. The third-order valence-corrected chi connectivity index (χ3v) is 3.85. The molecule has 4 nitrogen and oxygen atoms in total. The van der Waals surface area contributed by atoms with Crippen LogP contribution in [0.3, 0.4) is 0 Å². The summed E-state index contributed by atoms with van der Waals surface area (Å²) in [4.78, 5) is 18.7. The van der Waals surface area contributed by atoms with Crippen LogP contribution in [0.15, 0.2) is 48.7 Å². The molecule has 1 N–H and O–H groups in total. The number of rotatable bonds is 2. The Morgan fingerprint density at radius 2 is 2.19 bits per heavy atom. The lowest BCUT2D eigenvalue weighted by atomic mass is 10.1. The van der Waals surface area contributed by atoms with Crippen molar-refractivity contribution in [3.8, 4) is 0 Å². The van der Waals surface area contributed by atoms with Crippen LogP contribution < -0.4 is 5.32 Å². The van der Waals surface area contributed by atoms with Gasteiger partial charge >= 0.3 is 6.03 Å². The fourth-order valence-corrected chi connectivity index (χ4v) is 2.84. The molecule has 3 rings (SSSR count). The smallest absolute Gasteiger partial charge is 0.316 e. The Labute approximate surface area is 128 Å². The molecule has 2 aromatic rings. The molecule has 108 valence electrons. The summed E-state index contributed by atoms with van der Waals surface area (Å²) >= 11 is 5.94. The lowest BCUT2D eigenvalue weighted by molar-refractivity contribution is 0.206. The lowest BCUT2D eigenvalue weighted by Crippen LogP contribution is -2.34. The van der Waals surface area contributed by atoms with Crippen molar-refractivity contribution in [1.82, 2.24) is 9.88 Å². The zero-order valence-electron chi connectivity index (χ0n) is 11.5. The van der Waals surface area contributed by atoms with Gasteiger partial charge in [-0.2, -0.15) is 0 Å². The molecule has 2 amide bonds. The molecule has 5 heteroatoms. The highest BCUT2D eigenvalue weighted by Crippen LogP contribution is 2.31. The van der Waals surface area contributed by atoms with Crippen LogP contribution in [0.1, 0.15) is 24.6 Å². The van der Waals surface area contributed by atoms with Crippen LogP contribution in [0, 0.1) is 0 Å². The normalized spacial score (nSPS) is 17.8. The van der Waals surface area contributed by atoms with Crippen LogP contribution in [-0.4, -0.2) is 22.5 Å². The van der Waals surface area contributed by atoms with Gasteiger partial charge in [-0.1, -0.05) is 23.7 Å². The van der Waals surface area contributed by atoms with Crippen molar-refractivity contribution in [3.63, 3.8) is 0 Å². The van der Waals surface area contributed by atoms with E-state index in [0.29, 0.717) is 10.7 Å². The Morgan fingerprint density at radius 1 is 1.29 bits per heavy atom. The van der Waals surface area contributed by atoms with Crippen LogP contribution in [-0.2, 0) is 0 Å². The minimum Gasteiger partial charge on any atom is -0.316 e. The monoisotopic (exact) mass is 301 g/mol. The molecule has 1 unspecified atom stereocenters. The van der Waals surface area contributed by atoms with E-state index in [4.69, 9.17) is 11.6 Å². The second kappa shape index (κ2) is 6.14. The van der Waals surface area contributed by atoms with E-state index in [-0.39, 0.29) is 12.1 Å². The van der Waals surface area contributed by atoms with Gasteiger partial charge in [0.05, 0.1) is 11.7 Å². The molecule has 1 saturated heterocycles. The molecule has 0 aliphatic carbocycles. The molecule has 1 atom stereocenters. The third kappa shape index (κ3) is 3.16. The Hall–Kier alpha value is -2.07. The van der Waals surface area contributed by atoms with E-state index >= 15 is 0 Å². The maximum absolute atomic E-state index is 12.5. The molecule has 0 spiro atoms. The topological polar surface area (TPSA) is 45.2 Å². The first-order valence-corrected chi connectivity index (χ1v) is 7.36. The predicted octanol–water partition coefficient (Wildman–Crippen LogP) is 4.10. The first-order chi connectivity index (χ1) is 10.2. The van der Waals surface area contributed by atoms with Gasteiger partial charge in [0.15, 0.2) is 0 Å². The van der Waals surface area contributed by atoms with Gasteiger partial charge < -0.3 is 10.2 Å². The summed E-state index contributed by atoms with van der Waals surface area (Å²) in [6.45, 7) is 0.744. The van der Waals surface area contributed by atoms with E-state index in [1.54, 1.807) is 18.3 Å². The van der Waals surface area contributed by atoms with Crippen LogP contribution in [0.5, 0.6) is 0 Å². The van der Waals surface area contributed by atoms with Crippen LogP contribution in [0.25, 0.3) is 0 Å². The van der Waals surface area contributed by atoms with E-state index in [2.05, 4.69) is 10.3 Å². The highest BCUT2D eigenvalue weighted by molar-refractivity contribution is 6.30. The van der Waals surface area contributed by atoms with Gasteiger partial charge in [0.25, 0.3) is 0 Å². The van der Waals surface area contributed by atoms with E-state index in [1.165, 1.54) is 0 Å². The van der Waals surface area contributed by atoms with Crippen molar-refractivity contribution in [2.75, 3.05) is 11.9 Å². The molecule has 1 aromatic heterocycles. The lowest BCUT2D eigenvalue weighted by Gasteiger charge is -2.24. The molecule has 21 heavy (non-hydrogen) atoms. The van der Waals surface area contributed by atoms with Gasteiger partial charge in [-0.3, -0.25) is 4.98 Å². The number of nitrogens with one attached hydrogen (secondary N) is 1. The fourth-order valence-electron chi connectivity index (χ4n) is 2.65. The summed E-state index contributed by atoms with van der Waals surface area (Å²) in [5, 5.41) is 3.51. The Kier molecular flexibility index (Phi) is 4.06. The zero-order valence-corrected chi connectivity index (χ0v) is 12.3. The molecular formula is C16H16ClN3O. The average molecular weight is 302 g/mol. The number of pyridine rings is 1. The maximum Gasteiger partial charge on any atom is 0.322 e. The van der Waals surface area contributed by atoms with Gasteiger partial charge in [0.1, 0.15) is 0 Å². The summed E-state index contributed by atoms with van der Waals surface area (Å²) in [5.41, 5.74) is 1.65. The SMILES string of the molecule is O=C(Nc1cccc(Cl)c1)N1CCCC1c1ccccn1. The average Bonchev–Trinajstić information content (AvgIpc) is 2.98. The largest absolute Gasteiger partial charge is 0.322 e. The molecular weight excluding hydrogens is 286 g/mol. The van der Waals surface area contributed by atoms with Crippen molar-refractivity contribution in [1.29, 1.82) is 0 Å². The highest BCUT2D eigenvalue weighted by atomic mass is 35.5. The van der Waals surface area contributed by atoms with Crippen molar-refractivity contribution in [2.24, 2.45) is 0 Å². The van der Waals surface area contributed by atoms with Gasteiger partial charge in [-0.05, 0) is 43.2 Å². The molecule has 1 aliphatic heterocycles. The number of halogens is 1. The molecule has 1 aromatic carbocycles. The number of anilines is 1.